The highest BCUT2D eigenvalue weighted by Crippen LogP contribution is 2.33. The van der Waals surface area contributed by atoms with Crippen LogP contribution in [0.15, 0.2) is 36.4 Å². The van der Waals surface area contributed by atoms with Gasteiger partial charge in [0.25, 0.3) is 0 Å². The molecule has 2 aromatic rings. The Bertz CT molecular complexity index is 628. The van der Waals surface area contributed by atoms with Crippen molar-refractivity contribution < 1.29 is 33.0 Å². The molecule has 0 unspecified atom stereocenters. The molecule has 0 bridgehead atoms. The summed E-state index contributed by atoms with van der Waals surface area (Å²) >= 11 is 0. The lowest BCUT2D eigenvalue weighted by Crippen LogP contribution is -3.00. The average molecular weight is 308 g/mol. The number of phenolic OH excluding ortho intramolecular Hbond substituents is 3. The first kappa shape index (κ1) is 15.5. The van der Waals surface area contributed by atoms with E-state index in [9.17, 15) is 15.3 Å². The first-order valence-electron chi connectivity index (χ1n) is 6.79. The first-order valence-corrected chi connectivity index (χ1v) is 6.79. The van der Waals surface area contributed by atoms with Crippen LogP contribution in [-0.4, -0.2) is 21.9 Å². The minimum Gasteiger partial charge on any atom is -1.00 e. The molecular formula is C16H18ClNO3. The Kier molecular flexibility index (Phi) is 4.60. The van der Waals surface area contributed by atoms with E-state index in [0.29, 0.717) is 0 Å². The van der Waals surface area contributed by atoms with E-state index in [0.717, 1.165) is 36.1 Å². The van der Waals surface area contributed by atoms with Crippen LogP contribution in [0.5, 0.6) is 17.2 Å². The molecule has 1 aliphatic heterocycles. The third-order valence-corrected chi connectivity index (χ3v) is 3.89. The predicted octanol–water partition coefficient (Wildman–Crippen LogP) is -1.79. The lowest BCUT2D eigenvalue weighted by atomic mass is 9.90. The van der Waals surface area contributed by atoms with Crippen LogP contribution in [0.25, 0.3) is 0 Å². The topological polar surface area (TPSA) is 77.3 Å². The van der Waals surface area contributed by atoms with Gasteiger partial charge in [-0.1, -0.05) is 12.1 Å². The molecule has 112 valence electrons. The van der Waals surface area contributed by atoms with Gasteiger partial charge in [-0.05, 0) is 35.4 Å². The summed E-state index contributed by atoms with van der Waals surface area (Å²) in [4.78, 5) is 0. The summed E-state index contributed by atoms with van der Waals surface area (Å²) in [5, 5.41) is 30.9. The van der Waals surface area contributed by atoms with Gasteiger partial charge in [-0.3, -0.25) is 0 Å². The normalized spacial score (nSPS) is 16.9. The smallest absolute Gasteiger partial charge is 0.157 e. The van der Waals surface area contributed by atoms with Crippen molar-refractivity contribution in [2.45, 2.75) is 18.9 Å². The summed E-state index contributed by atoms with van der Waals surface area (Å²) in [5.74, 6) is 0.160. The van der Waals surface area contributed by atoms with E-state index >= 15 is 0 Å². The third-order valence-electron chi connectivity index (χ3n) is 3.89. The highest BCUT2D eigenvalue weighted by Gasteiger charge is 2.25. The molecule has 0 aromatic heterocycles. The molecule has 5 heteroatoms. The summed E-state index contributed by atoms with van der Waals surface area (Å²) in [6.45, 7) is 0.972. The number of aromatic hydroxyl groups is 3. The van der Waals surface area contributed by atoms with Crippen molar-refractivity contribution in [1.29, 1.82) is 0 Å². The number of rotatable bonds is 2. The van der Waals surface area contributed by atoms with Gasteiger partial charge < -0.3 is 33.0 Å². The van der Waals surface area contributed by atoms with Gasteiger partial charge in [-0.2, -0.15) is 0 Å². The van der Waals surface area contributed by atoms with E-state index in [4.69, 9.17) is 0 Å². The zero-order valence-corrected chi connectivity index (χ0v) is 12.2. The van der Waals surface area contributed by atoms with Crippen LogP contribution in [0.3, 0.4) is 0 Å². The first-order chi connectivity index (χ1) is 9.63. The van der Waals surface area contributed by atoms with Crippen LogP contribution >= 0.6 is 0 Å². The second-order valence-electron chi connectivity index (χ2n) is 5.29. The van der Waals surface area contributed by atoms with Crippen LogP contribution in [0.2, 0.25) is 0 Å². The standard InChI is InChI=1S/C16H17NO3.ClH/c18-12-3-1-10(2-4-12)7-14-13-9-16(20)15(19)8-11(13)5-6-17-14;/h1-4,8-9,14,17-20H,5-7H2;1H/t14-;/m1./s1. The predicted molar refractivity (Wildman–Crippen MR) is 74.8 cm³/mol. The van der Waals surface area contributed by atoms with Crippen LogP contribution in [0.4, 0.5) is 0 Å². The van der Waals surface area contributed by atoms with Crippen molar-refractivity contribution in [1.82, 2.24) is 0 Å². The summed E-state index contributed by atoms with van der Waals surface area (Å²) in [6.07, 6.45) is 1.73. The number of hydrogen-bond acceptors (Lipinski definition) is 3. The maximum Gasteiger partial charge on any atom is 0.157 e. The second-order valence-corrected chi connectivity index (χ2v) is 5.29. The Hall–Kier alpha value is -1.91. The van der Waals surface area contributed by atoms with Gasteiger partial charge in [0.1, 0.15) is 11.8 Å². The van der Waals surface area contributed by atoms with Gasteiger partial charge in [0.2, 0.25) is 0 Å². The lowest BCUT2D eigenvalue weighted by Gasteiger charge is -2.24. The van der Waals surface area contributed by atoms with Crippen LogP contribution in [0.1, 0.15) is 22.7 Å². The van der Waals surface area contributed by atoms with Crippen molar-refractivity contribution in [3.8, 4) is 17.2 Å². The molecule has 1 aliphatic rings. The summed E-state index contributed by atoms with van der Waals surface area (Å²) in [7, 11) is 0. The second kappa shape index (κ2) is 6.24. The molecule has 0 radical (unpaired) electrons. The molecule has 2 aromatic carbocycles. The Morgan fingerprint density at radius 3 is 2.38 bits per heavy atom. The molecule has 0 fully saturated rings. The van der Waals surface area contributed by atoms with E-state index in [2.05, 4.69) is 5.32 Å². The maximum atomic E-state index is 9.70. The van der Waals surface area contributed by atoms with Gasteiger partial charge in [0.15, 0.2) is 11.5 Å². The van der Waals surface area contributed by atoms with E-state index in [1.807, 2.05) is 12.1 Å². The number of fused-ring (bicyclic) bond motifs is 1. The van der Waals surface area contributed by atoms with Crippen molar-refractivity contribution in [2.24, 2.45) is 0 Å². The molecule has 0 amide bonds. The molecule has 0 aliphatic carbocycles. The van der Waals surface area contributed by atoms with Gasteiger partial charge in [-0.15, -0.1) is 0 Å². The number of phenols is 3. The SMILES string of the molecule is Oc1ccc(C[C@H]2[NH2+]CCc3cc(O)c(O)cc32)cc1.[Cl-]. The maximum absolute atomic E-state index is 9.70. The molecule has 0 saturated carbocycles. The molecule has 0 saturated heterocycles. The minimum atomic E-state index is -0.0604. The zero-order valence-electron chi connectivity index (χ0n) is 11.5. The fourth-order valence-electron chi connectivity index (χ4n) is 2.84. The fraction of sp³-hybridized carbons (Fsp3) is 0.250. The highest BCUT2D eigenvalue weighted by atomic mass is 35.5. The number of halogens is 1. The third kappa shape index (κ3) is 3.23. The van der Waals surface area contributed by atoms with Crippen molar-refractivity contribution in [2.75, 3.05) is 6.54 Å². The van der Waals surface area contributed by atoms with Gasteiger partial charge >= 0.3 is 0 Å². The van der Waals surface area contributed by atoms with Crippen molar-refractivity contribution >= 4 is 0 Å². The molecule has 21 heavy (non-hydrogen) atoms. The lowest BCUT2D eigenvalue weighted by molar-refractivity contribution is -0.698. The van der Waals surface area contributed by atoms with Crippen molar-refractivity contribution in [3.05, 3.63) is 53.1 Å². The zero-order chi connectivity index (χ0) is 14.1. The van der Waals surface area contributed by atoms with Crippen LogP contribution < -0.4 is 17.7 Å². The van der Waals surface area contributed by atoms with E-state index in [-0.39, 0.29) is 35.7 Å². The van der Waals surface area contributed by atoms with Crippen LogP contribution in [-0.2, 0) is 12.8 Å². The van der Waals surface area contributed by atoms with Gasteiger partial charge in [0.05, 0.1) is 6.54 Å². The Morgan fingerprint density at radius 2 is 1.67 bits per heavy atom. The number of quaternary nitrogens is 1. The van der Waals surface area contributed by atoms with Gasteiger partial charge in [-0.25, -0.2) is 0 Å². The molecule has 1 atom stereocenters. The summed E-state index contributed by atoms with van der Waals surface area (Å²) in [5.41, 5.74) is 3.33. The average Bonchev–Trinajstić information content (AvgIpc) is 2.43. The number of hydrogen-bond donors (Lipinski definition) is 4. The van der Waals surface area contributed by atoms with E-state index in [1.165, 1.54) is 0 Å². The molecule has 5 N–H and O–H groups in total. The minimum absolute atomic E-state index is 0. The molecule has 0 spiro atoms. The fourth-order valence-corrected chi connectivity index (χ4v) is 2.84. The highest BCUT2D eigenvalue weighted by molar-refractivity contribution is 5.47. The number of nitrogens with two attached hydrogens (primary N) is 1. The quantitative estimate of drug-likeness (QED) is 0.495. The Morgan fingerprint density at radius 1 is 1.00 bits per heavy atom. The van der Waals surface area contributed by atoms with Gasteiger partial charge in [0, 0.05) is 18.4 Å². The monoisotopic (exact) mass is 307 g/mol. The molecular weight excluding hydrogens is 290 g/mol. The Balaban J connectivity index is 0.00000161. The molecule has 1 heterocycles. The Labute approximate surface area is 129 Å². The van der Waals surface area contributed by atoms with E-state index in [1.54, 1.807) is 24.3 Å². The molecule has 3 rings (SSSR count). The summed E-state index contributed by atoms with van der Waals surface area (Å²) in [6, 6.07) is 10.8. The van der Waals surface area contributed by atoms with Crippen LogP contribution in [0, 0.1) is 0 Å². The van der Waals surface area contributed by atoms with E-state index < -0.39 is 0 Å². The largest absolute Gasteiger partial charge is 1.00 e. The molecule has 4 nitrogen and oxygen atoms in total. The number of benzene rings is 2. The summed E-state index contributed by atoms with van der Waals surface area (Å²) < 4.78 is 0. The van der Waals surface area contributed by atoms with Crippen molar-refractivity contribution in [3.63, 3.8) is 0 Å².